The molecule has 2 aromatic carbocycles. The molecular formula is C17H20. The molecule has 0 N–H and O–H groups in total. The van der Waals surface area contributed by atoms with Crippen LogP contribution in [-0.2, 0) is 0 Å². The van der Waals surface area contributed by atoms with Gasteiger partial charge in [0.15, 0.2) is 0 Å². The molecule has 0 amide bonds. The number of benzene rings is 2. The van der Waals surface area contributed by atoms with Gasteiger partial charge in [-0.1, -0.05) is 86.2 Å². The lowest BCUT2D eigenvalue weighted by molar-refractivity contribution is 1.46. The van der Waals surface area contributed by atoms with Crippen molar-refractivity contribution in [2.24, 2.45) is 0 Å². The van der Waals surface area contributed by atoms with Crippen molar-refractivity contribution in [2.45, 2.75) is 20.8 Å². The van der Waals surface area contributed by atoms with E-state index < -0.39 is 0 Å². The van der Waals surface area contributed by atoms with E-state index in [9.17, 15) is 0 Å². The summed E-state index contributed by atoms with van der Waals surface area (Å²) in [5, 5.41) is 0. The van der Waals surface area contributed by atoms with Crippen LogP contribution in [0.15, 0.2) is 54.6 Å². The average molecular weight is 224 g/mol. The van der Waals surface area contributed by atoms with Crippen molar-refractivity contribution in [3.63, 3.8) is 0 Å². The molecule has 0 aliphatic heterocycles. The van der Waals surface area contributed by atoms with Crippen molar-refractivity contribution in [3.8, 4) is 0 Å². The predicted octanol–water partition coefficient (Wildman–Crippen LogP) is 5.19. The van der Waals surface area contributed by atoms with Gasteiger partial charge in [0.05, 0.1) is 0 Å². The van der Waals surface area contributed by atoms with E-state index >= 15 is 0 Å². The van der Waals surface area contributed by atoms with E-state index in [2.05, 4.69) is 67.6 Å². The van der Waals surface area contributed by atoms with Crippen molar-refractivity contribution in [1.29, 1.82) is 0 Å². The van der Waals surface area contributed by atoms with Crippen LogP contribution in [0.5, 0.6) is 0 Å². The average Bonchev–Trinajstić information content (AvgIpc) is 2.42. The fraction of sp³-hybridized carbons (Fsp3) is 0.176. The molecule has 0 fully saturated rings. The highest BCUT2D eigenvalue weighted by atomic mass is 13.9. The van der Waals surface area contributed by atoms with E-state index in [0.717, 1.165) is 0 Å². The van der Waals surface area contributed by atoms with E-state index in [4.69, 9.17) is 0 Å². The normalized spacial score (nSPS) is 9.82. The first kappa shape index (κ1) is 13.2. The van der Waals surface area contributed by atoms with Gasteiger partial charge in [-0.05, 0) is 18.1 Å². The molecule has 0 heterocycles. The highest BCUT2D eigenvalue weighted by Crippen LogP contribution is 2.08. The second kappa shape index (κ2) is 7.45. The second-order valence-corrected chi connectivity index (χ2v) is 3.65. The molecular weight excluding hydrogens is 204 g/mol. The van der Waals surface area contributed by atoms with E-state index in [-0.39, 0.29) is 0 Å². The number of rotatable bonds is 2. The summed E-state index contributed by atoms with van der Waals surface area (Å²) < 4.78 is 0. The van der Waals surface area contributed by atoms with Gasteiger partial charge in [-0.15, -0.1) is 0 Å². The summed E-state index contributed by atoms with van der Waals surface area (Å²) in [6, 6.07) is 18.9. The van der Waals surface area contributed by atoms with Crippen molar-refractivity contribution in [3.05, 3.63) is 71.3 Å². The molecule has 2 aromatic rings. The van der Waals surface area contributed by atoms with Gasteiger partial charge >= 0.3 is 0 Å². The van der Waals surface area contributed by atoms with Crippen LogP contribution >= 0.6 is 0 Å². The standard InChI is InChI=1S/C15H14.C2H6/c1-13-7-9-15(10-8-13)12-11-14-5-3-2-4-6-14;1-2/h2-12H,1H3;1-2H3. The van der Waals surface area contributed by atoms with Crippen LogP contribution in [0, 0.1) is 6.92 Å². The summed E-state index contributed by atoms with van der Waals surface area (Å²) in [5.41, 5.74) is 3.77. The van der Waals surface area contributed by atoms with Crippen molar-refractivity contribution in [1.82, 2.24) is 0 Å². The van der Waals surface area contributed by atoms with Gasteiger partial charge in [-0.3, -0.25) is 0 Å². The van der Waals surface area contributed by atoms with Gasteiger partial charge in [-0.25, -0.2) is 0 Å². The van der Waals surface area contributed by atoms with Crippen LogP contribution in [0.3, 0.4) is 0 Å². The molecule has 0 heteroatoms. The first-order chi connectivity index (χ1) is 8.34. The molecule has 88 valence electrons. The molecule has 0 atom stereocenters. The Morgan fingerprint density at radius 2 is 1.12 bits per heavy atom. The largest absolute Gasteiger partial charge is 0.0683 e. The Balaban J connectivity index is 0.000000686. The Morgan fingerprint density at radius 1 is 0.647 bits per heavy atom. The lowest BCUT2D eigenvalue weighted by atomic mass is 10.1. The fourth-order valence-corrected chi connectivity index (χ4v) is 1.43. The molecule has 0 saturated carbocycles. The van der Waals surface area contributed by atoms with E-state index in [1.165, 1.54) is 16.7 Å². The van der Waals surface area contributed by atoms with E-state index in [1.54, 1.807) is 0 Å². The number of aryl methyl sites for hydroxylation is 1. The Kier molecular flexibility index (Phi) is 5.81. The predicted molar refractivity (Wildman–Crippen MR) is 77.9 cm³/mol. The highest BCUT2D eigenvalue weighted by Gasteiger charge is 1.87. The van der Waals surface area contributed by atoms with Gasteiger partial charge in [-0.2, -0.15) is 0 Å². The maximum Gasteiger partial charge on any atom is -0.0256 e. The summed E-state index contributed by atoms with van der Waals surface area (Å²) in [6.45, 7) is 6.10. The van der Waals surface area contributed by atoms with Gasteiger partial charge < -0.3 is 0 Å². The molecule has 0 radical (unpaired) electrons. The SMILES string of the molecule is CC.Cc1ccc(C=Cc2ccccc2)cc1. The first-order valence-corrected chi connectivity index (χ1v) is 6.14. The lowest BCUT2D eigenvalue weighted by Gasteiger charge is -1.95. The smallest absolute Gasteiger partial charge is 0.0256 e. The van der Waals surface area contributed by atoms with Crippen LogP contribution in [-0.4, -0.2) is 0 Å². The molecule has 0 bridgehead atoms. The van der Waals surface area contributed by atoms with E-state index in [0.29, 0.717) is 0 Å². The van der Waals surface area contributed by atoms with Crippen molar-refractivity contribution in [2.75, 3.05) is 0 Å². The van der Waals surface area contributed by atoms with Crippen LogP contribution in [0.25, 0.3) is 12.2 Å². The highest BCUT2D eigenvalue weighted by molar-refractivity contribution is 5.69. The van der Waals surface area contributed by atoms with Crippen molar-refractivity contribution >= 4 is 12.2 Å². The van der Waals surface area contributed by atoms with Crippen LogP contribution in [0.1, 0.15) is 30.5 Å². The maximum atomic E-state index is 2.13. The van der Waals surface area contributed by atoms with Gasteiger partial charge in [0.1, 0.15) is 0 Å². The summed E-state index contributed by atoms with van der Waals surface area (Å²) in [7, 11) is 0. The monoisotopic (exact) mass is 224 g/mol. The zero-order chi connectivity index (χ0) is 12.5. The third kappa shape index (κ3) is 4.69. The summed E-state index contributed by atoms with van der Waals surface area (Å²) in [6.07, 6.45) is 4.26. The third-order valence-corrected chi connectivity index (χ3v) is 2.35. The quantitative estimate of drug-likeness (QED) is 0.616. The van der Waals surface area contributed by atoms with Gasteiger partial charge in [0.25, 0.3) is 0 Å². The molecule has 0 aromatic heterocycles. The summed E-state index contributed by atoms with van der Waals surface area (Å²) in [5.74, 6) is 0. The topological polar surface area (TPSA) is 0 Å². The molecule has 0 aliphatic rings. The third-order valence-electron chi connectivity index (χ3n) is 2.35. The van der Waals surface area contributed by atoms with Gasteiger partial charge in [0.2, 0.25) is 0 Å². The Hall–Kier alpha value is -1.82. The van der Waals surface area contributed by atoms with Crippen LogP contribution in [0.4, 0.5) is 0 Å². The summed E-state index contributed by atoms with van der Waals surface area (Å²) >= 11 is 0. The molecule has 0 nitrogen and oxygen atoms in total. The van der Waals surface area contributed by atoms with E-state index in [1.807, 2.05) is 19.9 Å². The summed E-state index contributed by atoms with van der Waals surface area (Å²) in [4.78, 5) is 0. The second-order valence-electron chi connectivity index (χ2n) is 3.65. The van der Waals surface area contributed by atoms with Crippen molar-refractivity contribution < 1.29 is 0 Å². The maximum absolute atomic E-state index is 2.13. The Morgan fingerprint density at radius 3 is 1.65 bits per heavy atom. The first-order valence-electron chi connectivity index (χ1n) is 6.14. The minimum atomic E-state index is 1.23. The van der Waals surface area contributed by atoms with Crippen LogP contribution in [0.2, 0.25) is 0 Å². The lowest BCUT2D eigenvalue weighted by Crippen LogP contribution is -1.74. The number of hydrogen-bond donors (Lipinski definition) is 0. The Labute approximate surface area is 105 Å². The molecule has 17 heavy (non-hydrogen) atoms. The molecule has 0 saturated heterocycles. The molecule has 2 rings (SSSR count). The molecule has 0 spiro atoms. The van der Waals surface area contributed by atoms with Gasteiger partial charge in [0, 0.05) is 0 Å². The molecule has 0 unspecified atom stereocenters. The molecule has 0 aliphatic carbocycles. The minimum absolute atomic E-state index is 1.23. The zero-order valence-corrected chi connectivity index (χ0v) is 10.9. The Bertz CT molecular complexity index is 435. The fourth-order valence-electron chi connectivity index (χ4n) is 1.43. The minimum Gasteiger partial charge on any atom is -0.0683 e. The zero-order valence-electron chi connectivity index (χ0n) is 10.9. The number of hydrogen-bond acceptors (Lipinski definition) is 0. The van der Waals surface area contributed by atoms with Crippen LogP contribution < -0.4 is 0 Å².